The molecule has 1 aromatic rings. The van der Waals surface area contributed by atoms with E-state index in [2.05, 4.69) is 25.6 Å². The number of methoxy groups -OCH3 is 1. The predicted molar refractivity (Wildman–Crippen MR) is 57.2 cm³/mol. The summed E-state index contributed by atoms with van der Waals surface area (Å²) in [6.07, 6.45) is 2.79. The summed E-state index contributed by atoms with van der Waals surface area (Å²) in [6.45, 7) is 0.0410. The van der Waals surface area contributed by atoms with Gasteiger partial charge in [-0.3, -0.25) is 10.1 Å². The number of hydrogen-bond acceptors (Lipinski definition) is 5. The first-order valence-electron chi connectivity index (χ1n) is 5.22. The molecule has 1 saturated carbocycles. The topological polar surface area (TPSA) is 98.1 Å². The Morgan fingerprint density at radius 2 is 2.35 bits per heavy atom. The van der Waals surface area contributed by atoms with Gasteiger partial charge in [-0.15, -0.1) is 5.10 Å². The summed E-state index contributed by atoms with van der Waals surface area (Å²) < 4.78 is 4.40. The van der Waals surface area contributed by atoms with E-state index in [4.69, 9.17) is 0 Å². The van der Waals surface area contributed by atoms with Gasteiger partial charge in [-0.25, -0.2) is 4.79 Å². The molecule has 2 rings (SSSR count). The van der Waals surface area contributed by atoms with Crippen molar-refractivity contribution in [1.82, 2.24) is 20.3 Å². The molecule has 1 aliphatic rings. The predicted octanol–water partition coefficient (Wildman–Crippen LogP) is -0.265. The minimum absolute atomic E-state index is 0.0410. The lowest BCUT2D eigenvalue weighted by molar-refractivity contribution is -0.122. The van der Waals surface area contributed by atoms with Gasteiger partial charge in [0, 0.05) is 6.04 Å². The van der Waals surface area contributed by atoms with Crippen molar-refractivity contribution in [3.05, 3.63) is 6.20 Å². The minimum atomic E-state index is -0.625. The second-order valence-corrected chi connectivity index (χ2v) is 3.72. The molecule has 2 N–H and O–H groups in total. The van der Waals surface area contributed by atoms with Crippen LogP contribution in [-0.4, -0.2) is 40.1 Å². The molecule has 1 aliphatic carbocycles. The molecule has 0 bridgehead atoms. The van der Waals surface area contributed by atoms with Gasteiger partial charge < -0.3 is 10.1 Å². The minimum Gasteiger partial charge on any atom is -0.453 e. The Bertz CT molecular complexity index is 426. The van der Waals surface area contributed by atoms with Crippen LogP contribution in [0.3, 0.4) is 0 Å². The molecule has 1 fully saturated rings. The van der Waals surface area contributed by atoms with E-state index in [1.54, 1.807) is 0 Å². The van der Waals surface area contributed by atoms with E-state index in [0.29, 0.717) is 6.04 Å². The highest BCUT2D eigenvalue weighted by Crippen LogP contribution is 2.18. The van der Waals surface area contributed by atoms with Gasteiger partial charge in [0.2, 0.25) is 5.91 Å². The van der Waals surface area contributed by atoms with E-state index in [1.165, 1.54) is 18.1 Å². The molecule has 1 aromatic heterocycles. The number of hydrogen-bond donors (Lipinski definition) is 2. The number of nitrogens with zero attached hydrogens (tertiary/aromatic N) is 3. The second-order valence-electron chi connectivity index (χ2n) is 3.72. The summed E-state index contributed by atoms with van der Waals surface area (Å²) in [7, 11) is 1.25. The molecule has 0 unspecified atom stereocenters. The average molecular weight is 239 g/mol. The molecule has 0 radical (unpaired) electrons. The number of aromatic nitrogens is 3. The molecule has 0 spiro atoms. The molecule has 8 heteroatoms. The third-order valence-electron chi connectivity index (χ3n) is 2.18. The van der Waals surface area contributed by atoms with E-state index >= 15 is 0 Å². The average Bonchev–Trinajstić information content (AvgIpc) is 2.99. The van der Waals surface area contributed by atoms with Gasteiger partial charge in [-0.1, -0.05) is 0 Å². The van der Waals surface area contributed by atoms with Crippen molar-refractivity contribution < 1.29 is 14.3 Å². The summed E-state index contributed by atoms with van der Waals surface area (Å²) in [4.78, 5) is 23.5. The van der Waals surface area contributed by atoms with Gasteiger partial charge >= 0.3 is 6.09 Å². The number of carbonyl (C=O) groups excluding carboxylic acids is 2. The van der Waals surface area contributed by atoms with Crippen molar-refractivity contribution in [3.63, 3.8) is 0 Å². The molecule has 92 valence electrons. The molecular formula is C9H13N5O3. The van der Waals surface area contributed by atoms with Crippen LogP contribution in [-0.2, 0) is 16.1 Å². The van der Waals surface area contributed by atoms with Crippen LogP contribution in [0.2, 0.25) is 0 Å². The van der Waals surface area contributed by atoms with Gasteiger partial charge in [0.1, 0.15) is 6.54 Å². The summed E-state index contributed by atoms with van der Waals surface area (Å²) in [5.41, 5.74) is 0. The van der Waals surface area contributed by atoms with Crippen LogP contribution in [0.25, 0.3) is 0 Å². The van der Waals surface area contributed by atoms with Crippen molar-refractivity contribution in [1.29, 1.82) is 0 Å². The number of carbonyl (C=O) groups is 2. The molecule has 0 atom stereocenters. The fourth-order valence-electron chi connectivity index (χ4n) is 1.22. The number of amides is 2. The highest BCUT2D eigenvalue weighted by molar-refractivity contribution is 5.82. The molecule has 2 amide bonds. The second kappa shape index (κ2) is 4.81. The van der Waals surface area contributed by atoms with E-state index in [9.17, 15) is 9.59 Å². The van der Waals surface area contributed by atoms with Crippen LogP contribution in [0.15, 0.2) is 6.20 Å². The Labute approximate surface area is 97.3 Å². The molecular weight excluding hydrogens is 226 g/mol. The molecule has 1 heterocycles. The van der Waals surface area contributed by atoms with E-state index in [-0.39, 0.29) is 18.3 Å². The molecule has 0 aromatic carbocycles. The Morgan fingerprint density at radius 3 is 3.00 bits per heavy atom. The zero-order valence-corrected chi connectivity index (χ0v) is 9.34. The van der Waals surface area contributed by atoms with E-state index < -0.39 is 6.09 Å². The number of anilines is 1. The van der Waals surface area contributed by atoms with Gasteiger partial charge in [0.25, 0.3) is 0 Å². The normalized spacial score (nSPS) is 14.2. The van der Waals surface area contributed by atoms with Crippen LogP contribution in [0.5, 0.6) is 0 Å². The van der Waals surface area contributed by atoms with Crippen molar-refractivity contribution in [3.8, 4) is 0 Å². The fraction of sp³-hybridized carbons (Fsp3) is 0.556. The number of ether oxygens (including phenoxy) is 1. The lowest BCUT2D eigenvalue weighted by Gasteiger charge is -2.01. The summed E-state index contributed by atoms with van der Waals surface area (Å²) in [5.74, 6) is 0.115. The highest BCUT2D eigenvalue weighted by atomic mass is 16.5. The van der Waals surface area contributed by atoms with Crippen molar-refractivity contribution in [2.45, 2.75) is 25.4 Å². The van der Waals surface area contributed by atoms with Gasteiger partial charge in [-0.05, 0) is 12.8 Å². The van der Waals surface area contributed by atoms with Crippen molar-refractivity contribution in [2.75, 3.05) is 12.4 Å². The Morgan fingerprint density at radius 1 is 1.59 bits per heavy atom. The first-order valence-corrected chi connectivity index (χ1v) is 5.22. The number of nitrogens with one attached hydrogen (secondary N) is 2. The quantitative estimate of drug-likeness (QED) is 0.754. The maximum absolute atomic E-state index is 11.4. The van der Waals surface area contributed by atoms with Crippen molar-refractivity contribution >= 4 is 17.8 Å². The maximum Gasteiger partial charge on any atom is 0.412 e. The zero-order chi connectivity index (χ0) is 12.3. The first kappa shape index (κ1) is 11.4. The summed E-state index contributed by atoms with van der Waals surface area (Å²) in [5, 5.41) is 12.9. The van der Waals surface area contributed by atoms with E-state index in [1.807, 2.05) is 0 Å². The smallest absolute Gasteiger partial charge is 0.412 e. The Kier molecular flexibility index (Phi) is 3.22. The number of rotatable bonds is 4. The molecule has 0 aliphatic heterocycles. The Hall–Kier alpha value is -2.12. The van der Waals surface area contributed by atoms with Crippen molar-refractivity contribution in [2.24, 2.45) is 0 Å². The van der Waals surface area contributed by atoms with Crippen LogP contribution >= 0.6 is 0 Å². The fourth-order valence-corrected chi connectivity index (χ4v) is 1.22. The summed E-state index contributed by atoms with van der Waals surface area (Å²) >= 11 is 0. The third kappa shape index (κ3) is 3.44. The highest BCUT2D eigenvalue weighted by Gasteiger charge is 2.23. The third-order valence-corrected chi connectivity index (χ3v) is 2.18. The first-order chi connectivity index (χ1) is 8.17. The van der Waals surface area contributed by atoms with Crippen LogP contribution in [0.1, 0.15) is 12.8 Å². The lowest BCUT2D eigenvalue weighted by Crippen LogP contribution is -2.30. The SMILES string of the molecule is COC(=O)Nc1cnn(CC(=O)NC2CC2)n1. The Balaban J connectivity index is 1.84. The van der Waals surface area contributed by atoms with E-state index in [0.717, 1.165) is 12.8 Å². The van der Waals surface area contributed by atoms with Crippen LogP contribution < -0.4 is 10.6 Å². The maximum atomic E-state index is 11.4. The molecule has 17 heavy (non-hydrogen) atoms. The largest absolute Gasteiger partial charge is 0.453 e. The molecule has 0 saturated heterocycles. The molecule has 8 nitrogen and oxygen atoms in total. The van der Waals surface area contributed by atoms with Gasteiger partial charge in [0.15, 0.2) is 5.82 Å². The lowest BCUT2D eigenvalue weighted by atomic mass is 10.5. The van der Waals surface area contributed by atoms with Gasteiger partial charge in [-0.2, -0.15) is 9.90 Å². The monoisotopic (exact) mass is 239 g/mol. The standard InChI is InChI=1S/C9H13N5O3/c1-17-9(16)12-7-4-10-14(13-7)5-8(15)11-6-2-3-6/h4,6H,2-3,5H2,1H3,(H,11,15)(H,12,13,16). The zero-order valence-electron chi connectivity index (χ0n) is 9.34. The van der Waals surface area contributed by atoms with Crippen LogP contribution in [0.4, 0.5) is 10.6 Å². The van der Waals surface area contributed by atoms with Gasteiger partial charge in [0.05, 0.1) is 13.3 Å². The van der Waals surface area contributed by atoms with Crippen LogP contribution in [0, 0.1) is 0 Å². The summed E-state index contributed by atoms with van der Waals surface area (Å²) in [6, 6.07) is 0.311.